The number of hydrogen-bond donors (Lipinski definition) is 0. The summed E-state index contributed by atoms with van der Waals surface area (Å²) in [6.07, 6.45) is 0. The van der Waals surface area contributed by atoms with Crippen molar-refractivity contribution in [3.8, 4) is 11.4 Å². The third kappa shape index (κ3) is 3.47. The maximum atomic E-state index is 10.9. The number of aromatic nitrogens is 2. The van der Waals surface area contributed by atoms with E-state index in [0.717, 1.165) is 5.56 Å². The normalized spacial score (nSPS) is 10.7. The average Bonchev–Trinajstić information content (AvgIpc) is 2.44. The van der Waals surface area contributed by atoms with Crippen LogP contribution in [-0.2, 0) is 11.3 Å². The van der Waals surface area contributed by atoms with E-state index in [-0.39, 0.29) is 5.69 Å². The van der Waals surface area contributed by atoms with E-state index in [0.29, 0.717) is 32.4 Å². The lowest BCUT2D eigenvalue weighted by molar-refractivity contribution is -0.384. The molecule has 0 aliphatic heterocycles. The SMILES string of the molecule is COCc1nc(-c2cc([N+](=O)[O-])ccc2C)nc(Cl)c1I. The molecule has 8 heteroatoms. The van der Waals surface area contributed by atoms with Gasteiger partial charge in [0.1, 0.15) is 5.15 Å². The Morgan fingerprint density at radius 2 is 2.14 bits per heavy atom. The lowest BCUT2D eigenvalue weighted by atomic mass is 10.1. The van der Waals surface area contributed by atoms with Crippen LogP contribution in [0.4, 0.5) is 5.69 Å². The van der Waals surface area contributed by atoms with Crippen LogP contribution in [0.5, 0.6) is 0 Å². The van der Waals surface area contributed by atoms with Crippen molar-refractivity contribution in [3.05, 3.63) is 48.3 Å². The average molecular weight is 420 g/mol. The molecule has 0 N–H and O–H groups in total. The van der Waals surface area contributed by atoms with Crippen molar-refractivity contribution in [2.75, 3.05) is 7.11 Å². The molecule has 0 fully saturated rings. The minimum Gasteiger partial charge on any atom is -0.378 e. The minimum atomic E-state index is -0.451. The van der Waals surface area contributed by atoms with Crippen LogP contribution in [0.15, 0.2) is 18.2 Å². The van der Waals surface area contributed by atoms with Gasteiger partial charge in [-0.1, -0.05) is 17.7 Å². The van der Waals surface area contributed by atoms with Gasteiger partial charge in [0.15, 0.2) is 5.82 Å². The summed E-state index contributed by atoms with van der Waals surface area (Å²) in [7, 11) is 1.56. The van der Waals surface area contributed by atoms with Crippen LogP contribution in [0.1, 0.15) is 11.3 Å². The molecule has 0 aliphatic rings. The van der Waals surface area contributed by atoms with Gasteiger partial charge in [0.2, 0.25) is 0 Å². The van der Waals surface area contributed by atoms with Gasteiger partial charge in [-0.3, -0.25) is 10.1 Å². The van der Waals surface area contributed by atoms with Gasteiger partial charge in [0.05, 0.1) is 20.8 Å². The summed E-state index contributed by atoms with van der Waals surface area (Å²) in [5.41, 5.74) is 2.06. The molecule has 0 bridgehead atoms. The van der Waals surface area contributed by atoms with Gasteiger partial charge >= 0.3 is 0 Å². The molecule has 6 nitrogen and oxygen atoms in total. The highest BCUT2D eigenvalue weighted by molar-refractivity contribution is 14.1. The van der Waals surface area contributed by atoms with E-state index in [1.165, 1.54) is 12.1 Å². The zero-order valence-electron chi connectivity index (χ0n) is 11.3. The standard InChI is InChI=1S/C13H11ClIN3O3/c1-7-3-4-8(18(19)20)5-9(7)13-16-10(6-21-2)11(15)12(14)17-13/h3-5H,6H2,1-2H3. The number of rotatable bonds is 4. The van der Waals surface area contributed by atoms with Crippen molar-refractivity contribution in [1.82, 2.24) is 9.97 Å². The number of non-ortho nitro benzene ring substituents is 1. The molecular weight excluding hydrogens is 409 g/mol. The van der Waals surface area contributed by atoms with E-state index in [1.807, 2.05) is 29.5 Å². The molecule has 1 aromatic heterocycles. The molecule has 21 heavy (non-hydrogen) atoms. The summed E-state index contributed by atoms with van der Waals surface area (Å²) in [5.74, 6) is 0.355. The molecule has 2 aromatic rings. The smallest absolute Gasteiger partial charge is 0.270 e. The molecular formula is C13H11ClIN3O3. The molecule has 1 aromatic carbocycles. The number of hydrogen-bond acceptors (Lipinski definition) is 5. The second-order valence-electron chi connectivity index (χ2n) is 4.29. The Hall–Kier alpha value is -1.32. The van der Waals surface area contributed by atoms with Gasteiger partial charge in [-0.05, 0) is 35.1 Å². The summed E-state index contributed by atoms with van der Waals surface area (Å²) in [5, 5.41) is 11.2. The molecule has 0 aliphatic carbocycles. The second-order valence-corrected chi connectivity index (χ2v) is 5.72. The van der Waals surface area contributed by atoms with Gasteiger partial charge in [-0.15, -0.1) is 0 Å². The Bertz CT molecular complexity index is 709. The van der Waals surface area contributed by atoms with Crippen LogP contribution in [0.25, 0.3) is 11.4 Å². The predicted molar refractivity (Wildman–Crippen MR) is 87.3 cm³/mol. The largest absolute Gasteiger partial charge is 0.378 e. The van der Waals surface area contributed by atoms with Crippen molar-refractivity contribution >= 4 is 39.9 Å². The fourth-order valence-corrected chi connectivity index (χ4v) is 2.37. The molecule has 0 saturated heterocycles. The first-order valence-electron chi connectivity index (χ1n) is 5.90. The molecule has 2 rings (SSSR count). The number of halogens is 2. The Balaban J connectivity index is 2.61. The third-order valence-electron chi connectivity index (χ3n) is 2.83. The van der Waals surface area contributed by atoms with E-state index in [4.69, 9.17) is 16.3 Å². The molecule has 1 heterocycles. The van der Waals surface area contributed by atoms with Crippen LogP contribution >= 0.6 is 34.2 Å². The molecule has 0 spiro atoms. The Kier molecular flexibility index (Phi) is 5.07. The number of methoxy groups -OCH3 is 1. The Morgan fingerprint density at radius 3 is 2.76 bits per heavy atom. The highest BCUT2D eigenvalue weighted by Crippen LogP contribution is 2.28. The predicted octanol–water partition coefficient (Wildman–Crippen LogP) is 3.76. The third-order valence-corrected chi connectivity index (χ3v) is 4.56. The van der Waals surface area contributed by atoms with E-state index in [1.54, 1.807) is 13.2 Å². The number of nitrogens with zero attached hydrogens (tertiary/aromatic N) is 3. The van der Waals surface area contributed by atoms with Crippen molar-refractivity contribution in [1.29, 1.82) is 0 Å². The maximum Gasteiger partial charge on any atom is 0.270 e. The number of aryl methyl sites for hydroxylation is 1. The highest BCUT2D eigenvalue weighted by atomic mass is 127. The fraction of sp³-hybridized carbons (Fsp3) is 0.231. The van der Waals surface area contributed by atoms with E-state index >= 15 is 0 Å². The highest BCUT2D eigenvalue weighted by Gasteiger charge is 2.16. The van der Waals surface area contributed by atoms with Gasteiger partial charge in [0.25, 0.3) is 5.69 Å². The first-order chi connectivity index (χ1) is 9.93. The number of benzene rings is 1. The quantitative estimate of drug-likeness (QED) is 0.326. The fourth-order valence-electron chi connectivity index (χ4n) is 1.78. The monoisotopic (exact) mass is 419 g/mol. The Morgan fingerprint density at radius 1 is 1.43 bits per heavy atom. The zero-order chi connectivity index (χ0) is 15.6. The summed E-state index contributed by atoms with van der Waals surface area (Å²) in [6, 6.07) is 4.56. The topological polar surface area (TPSA) is 78.2 Å². The van der Waals surface area contributed by atoms with Gasteiger partial charge < -0.3 is 4.74 Å². The molecule has 0 atom stereocenters. The van der Waals surface area contributed by atoms with Crippen LogP contribution in [0.2, 0.25) is 5.15 Å². The summed E-state index contributed by atoms with van der Waals surface area (Å²) < 4.78 is 5.80. The summed E-state index contributed by atoms with van der Waals surface area (Å²) in [4.78, 5) is 19.1. The Labute approximate surface area is 139 Å². The lowest BCUT2D eigenvalue weighted by Gasteiger charge is -2.09. The molecule has 110 valence electrons. The van der Waals surface area contributed by atoms with Crippen molar-refractivity contribution in [2.45, 2.75) is 13.5 Å². The first-order valence-corrected chi connectivity index (χ1v) is 7.36. The van der Waals surface area contributed by atoms with Crippen LogP contribution < -0.4 is 0 Å². The van der Waals surface area contributed by atoms with Gasteiger partial charge in [0, 0.05) is 24.8 Å². The number of ether oxygens (including phenoxy) is 1. The van der Waals surface area contributed by atoms with Gasteiger partial charge in [-0.2, -0.15) is 0 Å². The second kappa shape index (κ2) is 6.63. The van der Waals surface area contributed by atoms with Crippen LogP contribution in [0.3, 0.4) is 0 Å². The first kappa shape index (κ1) is 16.1. The summed E-state index contributed by atoms with van der Waals surface area (Å²) >= 11 is 8.16. The minimum absolute atomic E-state index is 0.0119. The van der Waals surface area contributed by atoms with Crippen molar-refractivity contribution in [3.63, 3.8) is 0 Å². The van der Waals surface area contributed by atoms with Crippen molar-refractivity contribution < 1.29 is 9.66 Å². The molecule has 0 amide bonds. The van der Waals surface area contributed by atoms with Gasteiger partial charge in [-0.25, -0.2) is 9.97 Å². The molecule has 0 saturated carbocycles. The lowest BCUT2D eigenvalue weighted by Crippen LogP contribution is -2.03. The van der Waals surface area contributed by atoms with Crippen molar-refractivity contribution in [2.24, 2.45) is 0 Å². The van der Waals surface area contributed by atoms with Crippen LogP contribution in [0, 0.1) is 20.6 Å². The zero-order valence-corrected chi connectivity index (χ0v) is 14.2. The maximum absolute atomic E-state index is 10.9. The molecule has 0 unspecified atom stereocenters. The van der Waals surface area contributed by atoms with Crippen LogP contribution in [-0.4, -0.2) is 22.0 Å². The van der Waals surface area contributed by atoms with E-state index < -0.39 is 4.92 Å². The summed E-state index contributed by atoms with van der Waals surface area (Å²) in [6.45, 7) is 2.13. The number of nitro benzene ring substituents is 1. The van der Waals surface area contributed by atoms with E-state index in [2.05, 4.69) is 9.97 Å². The number of nitro groups is 1. The van der Waals surface area contributed by atoms with E-state index in [9.17, 15) is 10.1 Å². The molecule has 0 radical (unpaired) electrons.